The van der Waals surface area contributed by atoms with Gasteiger partial charge in [0.05, 0.1) is 6.04 Å². The van der Waals surface area contributed by atoms with Crippen LogP contribution >= 0.6 is 0 Å². The first kappa shape index (κ1) is 14.7. The van der Waals surface area contributed by atoms with Gasteiger partial charge in [0.25, 0.3) is 0 Å². The molecule has 1 aromatic carbocycles. The molecule has 0 aliphatic carbocycles. The number of benzene rings is 1. The van der Waals surface area contributed by atoms with E-state index >= 15 is 0 Å². The van der Waals surface area contributed by atoms with Crippen LogP contribution < -0.4 is 10.6 Å². The quantitative estimate of drug-likeness (QED) is 0.774. The number of hydrogen-bond acceptors (Lipinski definition) is 2. The summed E-state index contributed by atoms with van der Waals surface area (Å²) in [6.07, 6.45) is 1.75. The Labute approximate surface area is 110 Å². The molecular weight excluding hydrogens is 224 g/mol. The molecule has 100 valence electrons. The first-order valence-electron chi connectivity index (χ1n) is 6.62. The van der Waals surface area contributed by atoms with Crippen LogP contribution in [-0.4, -0.2) is 25.5 Å². The highest BCUT2D eigenvalue weighted by molar-refractivity contribution is 5.82. The van der Waals surface area contributed by atoms with Crippen molar-refractivity contribution < 1.29 is 4.79 Å². The van der Waals surface area contributed by atoms with Crippen LogP contribution in [0.1, 0.15) is 25.8 Å². The zero-order valence-corrected chi connectivity index (χ0v) is 11.6. The molecule has 3 nitrogen and oxygen atoms in total. The summed E-state index contributed by atoms with van der Waals surface area (Å²) in [6, 6.07) is 9.93. The zero-order chi connectivity index (χ0) is 13.4. The fourth-order valence-corrected chi connectivity index (χ4v) is 1.78. The van der Waals surface area contributed by atoms with Gasteiger partial charge in [0, 0.05) is 6.54 Å². The molecule has 0 aromatic heterocycles. The molecule has 0 saturated carbocycles. The smallest absolute Gasteiger partial charge is 0.237 e. The lowest BCUT2D eigenvalue weighted by Gasteiger charge is -2.16. The topological polar surface area (TPSA) is 41.1 Å². The number of hydrogen-bond donors (Lipinski definition) is 2. The van der Waals surface area contributed by atoms with Crippen LogP contribution in [0, 0.1) is 5.92 Å². The average Bonchev–Trinajstić information content (AvgIpc) is 2.36. The largest absolute Gasteiger partial charge is 0.355 e. The van der Waals surface area contributed by atoms with Crippen LogP contribution in [0.4, 0.5) is 0 Å². The van der Waals surface area contributed by atoms with Crippen LogP contribution in [-0.2, 0) is 11.2 Å². The summed E-state index contributed by atoms with van der Waals surface area (Å²) in [4.78, 5) is 12.0. The standard InChI is InChI=1S/C15H24N2O/c1-12(2)9-10-17-15(18)14(16-3)11-13-7-5-4-6-8-13/h4-8,12,14,16H,9-11H2,1-3H3,(H,17,18)/t14-/m0/s1. The van der Waals surface area contributed by atoms with Crippen molar-refractivity contribution >= 4 is 5.91 Å². The lowest BCUT2D eigenvalue weighted by atomic mass is 10.1. The summed E-state index contributed by atoms with van der Waals surface area (Å²) in [5.41, 5.74) is 1.18. The van der Waals surface area contributed by atoms with Gasteiger partial charge < -0.3 is 10.6 Å². The number of carbonyl (C=O) groups excluding carboxylic acids is 1. The van der Waals surface area contributed by atoms with E-state index in [-0.39, 0.29) is 11.9 Å². The minimum Gasteiger partial charge on any atom is -0.355 e. The molecule has 0 saturated heterocycles. The minimum absolute atomic E-state index is 0.0852. The molecular formula is C15H24N2O. The van der Waals surface area contributed by atoms with E-state index in [1.165, 1.54) is 5.56 Å². The summed E-state index contributed by atoms with van der Waals surface area (Å²) in [7, 11) is 1.83. The first-order chi connectivity index (χ1) is 8.63. The summed E-state index contributed by atoms with van der Waals surface area (Å²) in [5.74, 6) is 0.703. The monoisotopic (exact) mass is 248 g/mol. The van der Waals surface area contributed by atoms with Crippen LogP contribution in [0.5, 0.6) is 0 Å². The van der Waals surface area contributed by atoms with Gasteiger partial charge in [0.15, 0.2) is 0 Å². The maximum atomic E-state index is 12.0. The summed E-state index contributed by atoms with van der Waals surface area (Å²) in [6.45, 7) is 5.07. The van der Waals surface area contributed by atoms with Gasteiger partial charge in [0.1, 0.15) is 0 Å². The third-order valence-corrected chi connectivity index (χ3v) is 2.97. The third-order valence-electron chi connectivity index (χ3n) is 2.97. The average molecular weight is 248 g/mol. The highest BCUT2D eigenvalue weighted by Gasteiger charge is 2.16. The highest BCUT2D eigenvalue weighted by atomic mass is 16.2. The predicted molar refractivity (Wildman–Crippen MR) is 75.5 cm³/mol. The Balaban J connectivity index is 2.43. The Morgan fingerprint density at radius 1 is 1.22 bits per heavy atom. The fourth-order valence-electron chi connectivity index (χ4n) is 1.78. The number of likely N-dealkylation sites (N-methyl/N-ethyl adjacent to an activating group) is 1. The minimum atomic E-state index is -0.153. The van der Waals surface area contributed by atoms with E-state index in [0.29, 0.717) is 5.92 Å². The van der Waals surface area contributed by atoms with Crippen molar-refractivity contribution in [1.82, 2.24) is 10.6 Å². The maximum absolute atomic E-state index is 12.0. The SMILES string of the molecule is CN[C@@H](Cc1ccccc1)C(=O)NCCC(C)C. The molecule has 1 rings (SSSR count). The van der Waals surface area contributed by atoms with Gasteiger partial charge >= 0.3 is 0 Å². The number of rotatable bonds is 7. The maximum Gasteiger partial charge on any atom is 0.237 e. The molecule has 0 fully saturated rings. The molecule has 0 aliphatic heterocycles. The zero-order valence-electron chi connectivity index (χ0n) is 11.6. The van der Waals surface area contributed by atoms with E-state index in [1.807, 2.05) is 37.4 Å². The number of nitrogens with one attached hydrogen (secondary N) is 2. The van der Waals surface area contributed by atoms with Crippen molar-refractivity contribution in [1.29, 1.82) is 0 Å². The Morgan fingerprint density at radius 3 is 2.44 bits per heavy atom. The van der Waals surface area contributed by atoms with E-state index in [2.05, 4.69) is 24.5 Å². The van der Waals surface area contributed by atoms with Crippen molar-refractivity contribution in [3.8, 4) is 0 Å². The molecule has 18 heavy (non-hydrogen) atoms. The molecule has 2 N–H and O–H groups in total. The number of amides is 1. The van der Waals surface area contributed by atoms with Crippen LogP contribution in [0.25, 0.3) is 0 Å². The van der Waals surface area contributed by atoms with Gasteiger partial charge in [-0.2, -0.15) is 0 Å². The summed E-state index contributed by atoms with van der Waals surface area (Å²) < 4.78 is 0. The Bertz CT molecular complexity index is 349. The summed E-state index contributed by atoms with van der Waals surface area (Å²) >= 11 is 0. The molecule has 3 heteroatoms. The van der Waals surface area contributed by atoms with Gasteiger partial charge in [-0.1, -0.05) is 44.2 Å². The molecule has 0 spiro atoms. The van der Waals surface area contributed by atoms with Gasteiger partial charge in [0.2, 0.25) is 5.91 Å². The molecule has 1 aromatic rings. The second kappa shape index (κ2) is 7.88. The Hall–Kier alpha value is -1.35. The van der Waals surface area contributed by atoms with Crippen molar-refractivity contribution in [3.05, 3.63) is 35.9 Å². The van der Waals surface area contributed by atoms with E-state index < -0.39 is 0 Å². The van der Waals surface area contributed by atoms with E-state index in [1.54, 1.807) is 0 Å². The van der Waals surface area contributed by atoms with Crippen molar-refractivity contribution in [2.75, 3.05) is 13.6 Å². The van der Waals surface area contributed by atoms with Gasteiger partial charge in [-0.15, -0.1) is 0 Å². The van der Waals surface area contributed by atoms with E-state index in [0.717, 1.165) is 19.4 Å². The van der Waals surface area contributed by atoms with Crippen molar-refractivity contribution in [2.45, 2.75) is 32.7 Å². The molecule has 0 heterocycles. The first-order valence-corrected chi connectivity index (χ1v) is 6.62. The van der Waals surface area contributed by atoms with Crippen LogP contribution in [0.15, 0.2) is 30.3 Å². The van der Waals surface area contributed by atoms with Gasteiger partial charge in [-0.3, -0.25) is 4.79 Å². The fraction of sp³-hybridized carbons (Fsp3) is 0.533. The molecule has 1 amide bonds. The van der Waals surface area contributed by atoms with Crippen molar-refractivity contribution in [3.63, 3.8) is 0 Å². The Morgan fingerprint density at radius 2 is 1.89 bits per heavy atom. The number of carbonyl (C=O) groups is 1. The normalized spacial score (nSPS) is 12.4. The summed E-state index contributed by atoms with van der Waals surface area (Å²) in [5, 5.41) is 6.06. The highest BCUT2D eigenvalue weighted by Crippen LogP contribution is 2.03. The third kappa shape index (κ3) is 5.32. The van der Waals surface area contributed by atoms with Gasteiger partial charge in [-0.25, -0.2) is 0 Å². The van der Waals surface area contributed by atoms with E-state index in [4.69, 9.17) is 0 Å². The second-order valence-corrected chi connectivity index (χ2v) is 5.00. The van der Waals surface area contributed by atoms with E-state index in [9.17, 15) is 4.79 Å². The van der Waals surface area contributed by atoms with Gasteiger partial charge in [-0.05, 0) is 31.4 Å². The molecule has 1 atom stereocenters. The molecule has 0 aliphatic rings. The molecule has 0 bridgehead atoms. The lowest BCUT2D eigenvalue weighted by Crippen LogP contribution is -2.44. The van der Waals surface area contributed by atoms with Crippen LogP contribution in [0.2, 0.25) is 0 Å². The second-order valence-electron chi connectivity index (χ2n) is 5.00. The Kier molecular flexibility index (Phi) is 6.44. The lowest BCUT2D eigenvalue weighted by molar-refractivity contribution is -0.123. The molecule has 0 radical (unpaired) electrons. The molecule has 0 unspecified atom stereocenters. The van der Waals surface area contributed by atoms with Crippen LogP contribution in [0.3, 0.4) is 0 Å². The predicted octanol–water partition coefficient (Wildman–Crippen LogP) is 1.98. The van der Waals surface area contributed by atoms with Crippen molar-refractivity contribution in [2.24, 2.45) is 5.92 Å².